The minimum Gasteiger partial charge on any atom is -0.343 e. The monoisotopic (exact) mass is 254 g/mol. The fourth-order valence-electron chi connectivity index (χ4n) is 2.49. The van der Waals surface area contributed by atoms with Gasteiger partial charge in [0, 0.05) is 6.04 Å². The summed E-state index contributed by atoms with van der Waals surface area (Å²) in [4.78, 5) is 26.0. The maximum Gasteiger partial charge on any atom is 0.245 e. The Morgan fingerprint density at radius 1 is 1.22 bits per heavy atom. The third-order valence-electron chi connectivity index (χ3n) is 3.65. The maximum absolute atomic E-state index is 12.2. The fraction of sp³-hybridized carbons (Fsp3) is 0.857. The average Bonchev–Trinajstić information content (AvgIpc) is 2.30. The zero-order chi connectivity index (χ0) is 13.9. The molecule has 18 heavy (non-hydrogen) atoms. The lowest BCUT2D eigenvalue weighted by atomic mass is 9.98. The second-order valence-corrected chi connectivity index (χ2v) is 5.72. The summed E-state index contributed by atoms with van der Waals surface area (Å²) >= 11 is 0. The fourth-order valence-corrected chi connectivity index (χ4v) is 2.49. The van der Waals surface area contributed by atoms with Crippen LogP contribution in [0, 0.1) is 5.92 Å². The molecular weight excluding hydrogens is 228 g/mol. The van der Waals surface area contributed by atoms with Crippen molar-refractivity contribution < 1.29 is 9.59 Å². The summed E-state index contributed by atoms with van der Waals surface area (Å²) in [5.41, 5.74) is 0. The Balaban J connectivity index is 2.79. The summed E-state index contributed by atoms with van der Waals surface area (Å²) in [5, 5.41) is 2.75. The Morgan fingerprint density at radius 3 is 2.33 bits per heavy atom. The molecule has 0 spiro atoms. The first kappa shape index (κ1) is 15.0. The van der Waals surface area contributed by atoms with E-state index >= 15 is 0 Å². The first-order valence-electron chi connectivity index (χ1n) is 7.01. The van der Waals surface area contributed by atoms with Gasteiger partial charge in [-0.2, -0.15) is 0 Å². The van der Waals surface area contributed by atoms with Crippen LogP contribution in [0.2, 0.25) is 0 Å². The topological polar surface area (TPSA) is 49.4 Å². The minimum atomic E-state index is -0.387. The zero-order valence-corrected chi connectivity index (χ0v) is 12.2. The van der Waals surface area contributed by atoms with Crippen LogP contribution in [-0.2, 0) is 9.59 Å². The molecule has 3 atom stereocenters. The van der Waals surface area contributed by atoms with Crippen molar-refractivity contribution in [2.24, 2.45) is 5.92 Å². The van der Waals surface area contributed by atoms with Crippen LogP contribution in [0.4, 0.5) is 0 Å². The van der Waals surface area contributed by atoms with Crippen LogP contribution in [0.15, 0.2) is 0 Å². The molecule has 0 aromatic heterocycles. The molecule has 0 aromatic rings. The second-order valence-electron chi connectivity index (χ2n) is 5.72. The van der Waals surface area contributed by atoms with Crippen molar-refractivity contribution in [1.82, 2.24) is 10.2 Å². The van der Waals surface area contributed by atoms with Gasteiger partial charge in [0.15, 0.2) is 0 Å². The molecule has 2 amide bonds. The van der Waals surface area contributed by atoms with E-state index in [1.165, 1.54) is 0 Å². The van der Waals surface area contributed by atoms with Crippen molar-refractivity contribution in [2.75, 3.05) is 0 Å². The van der Waals surface area contributed by atoms with Crippen molar-refractivity contribution in [1.29, 1.82) is 0 Å². The molecule has 0 bridgehead atoms. The van der Waals surface area contributed by atoms with Gasteiger partial charge in [-0.3, -0.25) is 9.59 Å². The molecule has 4 nitrogen and oxygen atoms in total. The van der Waals surface area contributed by atoms with Gasteiger partial charge in [0.2, 0.25) is 11.8 Å². The normalized spacial score (nSPS) is 26.4. The quantitative estimate of drug-likeness (QED) is 0.815. The van der Waals surface area contributed by atoms with E-state index in [2.05, 4.69) is 19.2 Å². The molecule has 104 valence electrons. The van der Waals surface area contributed by atoms with Gasteiger partial charge in [0.05, 0.1) is 0 Å². The Bertz CT molecular complexity index is 315. The van der Waals surface area contributed by atoms with Gasteiger partial charge in [-0.1, -0.05) is 20.8 Å². The Morgan fingerprint density at radius 2 is 1.83 bits per heavy atom. The van der Waals surface area contributed by atoms with E-state index in [-0.39, 0.29) is 29.9 Å². The lowest BCUT2D eigenvalue weighted by molar-refractivity contribution is -0.151. The number of hydrogen-bond donors (Lipinski definition) is 1. The molecule has 1 fully saturated rings. The number of piperazine rings is 1. The molecule has 4 heteroatoms. The number of amides is 2. The highest BCUT2D eigenvalue weighted by atomic mass is 16.2. The predicted molar refractivity (Wildman–Crippen MR) is 72.1 cm³/mol. The van der Waals surface area contributed by atoms with Crippen LogP contribution in [0.3, 0.4) is 0 Å². The lowest BCUT2D eigenvalue weighted by Crippen LogP contribution is -2.64. The van der Waals surface area contributed by atoms with E-state index in [0.29, 0.717) is 12.3 Å². The van der Waals surface area contributed by atoms with Gasteiger partial charge in [-0.15, -0.1) is 0 Å². The first-order valence-corrected chi connectivity index (χ1v) is 7.01. The summed E-state index contributed by atoms with van der Waals surface area (Å²) in [7, 11) is 0. The van der Waals surface area contributed by atoms with Crippen molar-refractivity contribution >= 4 is 11.8 Å². The van der Waals surface area contributed by atoms with E-state index in [1.807, 2.05) is 13.8 Å². The predicted octanol–water partition coefficient (Wildman–Crippen LogP) is 1.94. The van der Waals surface area contributed by atoms with Gasteiger partial charge >= 0.3 is 0 Å². The number of hydrogen-bond acceptors (Lipinski definition) is 2. The highest BCUT2D eigenvalue weighted by Crippen LogP contribution is 2.20. The van der Waals surface area contributed by atoms with Crippen molar-refractivity contribution in [2.45, 2.75) is 72.0 Å². The molecule has 1 aliphatic rings. The molecule has 1 rings (SSSR count). The van der Waals surface area contributed by atoms with Gasteiger partial charge in [-0.05, 0) is 39.0 Å². The molecule has 1 heterocycles. The van der Waals surface area contributed by atoms with Crippen LogP contribution in [0.1, 0.15) is 53.9 Å². The van der Waals surface area contributed by atoms with Crippen molar-refractivity contribution in [3.05, 3.63) is 0 Å². The van der Waals surface area contributed by atoms with Crippen molar-refractivity contribution in [3.8, 4) is 0 Å². The van der Waals surface area contributed by atoms with E-state index in [0.717, 1.165) is 12.8 Å². The number of nitrogens with zero attached hydrogens (tertiary/aromatic N) is 1. The molecule has 3 unspecified atom stereocenters. The van der Waals surface area contributed by atoms with Crippen molar-refractivity contribution in [3.63, 3.8) is 0 Å². The molecule has 1 aliphatic heterocycles. The third-order valence-corrected chi connectivity index (χ3v) is 3.65. The van der Waals surface area contributed by atoms with Gasteiger partial charge < -0.3 is 10.2 Å². The van der Waals surface area contributed by atoms with Crippen LogP contribution in [0.25, 0.3) is 0 Å². The molecular formula is C14H26N2O2. The van der Waals surface area contributed by atoms with Crippen LogP contribution in [-0.4, -0.2) is 34.8 Å². The SMILES string of the molecule is CCC1C(=O)NC(C)C(=O)N1C(C)CCC(C)C. The number of carbonyl (C=O) groups excluding carboxylic acids is 2. The van der Waals surface area contributed by atoms with Gasteiger partial charge in [0.25, 0.3) is 0 Å². The summed E-state index contributed by atoms with van der Waals surface area (Å²) < 4.78 is 0. The molecule has 1 saturated heterocycles. The number of carbonyl (C=O) groups is 2. The standard InChI is InChI=1S/C14H26N2O2/c1-6-12-13(17)15-11(5)14(18)16(12)10(4)8-7-9(2)3/h9-12H,6-8H2,1-5H3,(H,15,17). The molecule has 1 N–H and O–H groups in total. The second kappa shape index (κ2) is 6.21. The smallest absolute Gasteiger partial charge is 0.245 e. The third kappa shape index (κ3) is 3.24. The largest absolute Gasteiger partial charge is 0.343 e. The summed E-state index contributed by atoms with van der Waals surface area (Å²) in [5.74, 6) is 0.664. The first-order chi connectivity index (χ1) is 8.38. The Hall–Kier alpha value is -1.06. The van der Waals surface area contributed by atoms with E-state index in [4.69, 9.17) is 0 Å². The lowest BCUT2D eigenvalue weighted by Gasteiger charge is -2.41. The highest BCUT2D eigenvalue weighted by Gasteiger charge is 2.39. The van der Waals surface area contributed by atoms with E-state index in [9.17, 15) is 9.59 Å². The van der Waals surface area contributed by atoms with Gasteiger partial charge in [0.1, 0.15) is 12.1 Å². The van der Waals surface area contributed by atoms with E-state index in [1.54, 1.807) is 11.8 Å². The minimum absolute atomic E-state index is 0.0130. The van der Waals surface area contributed by atoms with E-state index < -0.39 is 0 Å². The molecule has 0 saturated carbocycles. The maximum atomic E-state index is 12.2. The summed E-state index contributed by atoms with van der Waals surface area (Å²) in [6, 6.07) is -0.545. The average molecular weight is 254 g/mol. The van der Waals surface area contributed by atoms with Crippen LogP contribution in [0.5, 0.6) is 0 Å². The molecule has 0 radical (unpaired) electrons. The molecule has 0 aliphatic carbocycles. The Kier molecular flexibility index (Phi) is 5.17. The van der Waals surface area contributed by atoms with Crippen LogP contribution < -0.4 is 5.32 Å². The molecule has 0 aromatic carbocycles. The summed E-state index contributed by atoms with van der Waals surface area (Å²) in [6.45, 7) is 10.1. The van der Waals surface area contributed by atoms with Crippen LogP contribution >= 0.6 is 0 Å². The number of nitrogens with one attached hydrogen (secondary N) is 1. The summed E-state index contributed by atoms with van der Waals surface area (Å²) in [6.07, 6.45) is 2.72. The van der Waals surface area contributed by atoms with Gasteiger partial charge in [-0.25, -0.2) is 0 Å². The number of rotatable bonds is 5. The Labute approximate surface area is 110 Å². The zero-order valence-electron chi connectivity index (χ0n) is 12.2. The highest BCUT2D eigenvalue weighted by molar-refractivity contribution is 5.96.